The van der Waals surface area contributed by atoms with Crippen molar-refractivity contribution in [3.8, 4) is 67.5 Å². The van der Waals surface area contributed by atoms with E-state index >= 15 is 0 Å². The Balaban J connectivity index is 0.0000130. The molecule has 8 rings (SSSR count). The van der Waals surface area contributed by atoms with E-state index in [4.69, 9.17) is 37.9 Å². The average molecular weight is 1110 g/mol. The molecule has 4 nitrogen and oxygen atoms in total. The molecule has 2 aromatic heterocycles. The molecule has 0 amide bonds. The Morgan fingerprint density at radius 2 is 1.24 bits per heavy atom. The van der Waals surface area contributed by atoms with E-state index in [1.54, 1.807) is 51.1 Å². The van der Waals surface area contributed by atoms with Gasteiger partial charge in [-0.15, -0.1) is 29.3 Å². The van der Waals surface area contributed by atoms with E-state index in [0.29, 0.717) is 22.3 Å². The van der Waals surface area contributed by atoms with Crippen LogP contribution in [0.4, 0.5) is 0 Å². The quantitative estimate of drug-likeness (QED) is 0.169. The van der Waals surface area contributed by atoms with Gasteiger partial charge in [-0.3, -0.25) is 9.55 Å². The molecule has 68 heavy (non-hydrogen) atoms. The number of benzene rings is 6. The van der Waals surface area contributed by atoms with E-state index in [9.17, 15) is 10.6 Å². The van der Waals surface area contributed by atoms with E-state index in [-0.39, 0.29) is 76.7 Å². The molecule has 0 saturated carbocycles. The first-order chi connectivity index (χ1) is 42.8. The number of hydrogen-bond donors (Lipinski definition) is 1. The molecule has 1 N–H and O–H groups in total. The average Bonchev–Trinajstić information content (AvgIpc) is 0.809. The molecule has 8 aromatic rings. The topological polar surface area (TPSA) is 50.9 Å². The number of para-hydroxylation sites is 1. The number of aromatic nitrogens is 3. The third kappa shape index (κ3) is 9.95. The zero-order valence-electron chi connectivity index (χ0n) is 67.2. The van der Waals surface area contributed by atoms with E-state index in [0.717, 1.165) is 10.1 Å². The van der Waals surface area contributed by atoms with Gasteiger partial charge in [0.05, 0.1) is 31.9 Å². The van der Waals surface area contributed by atoms with Crippen molar-refractivity contribution in [3.63, 3.8) is 0 Å². The number of phenolic OH excluding ortho intramolecular Hbond substituents is 1. The van der Waals surface area contributed by atoms with Gasteiger partial charge in [-0.2, -0.15) is 0 Å². The molecule has 0 saturated heterocycles. The first kappa shape index (κ1) is 25.3. The summed E-state index contributed by atoms with van der Waals surface area (Å²) in [6.45, 7) is -12.3. The van der Waals surface area contributed by atoms with Gasteiger partial charge in [-0.1, -0.05) is 199 Å². The zero-order valence-corrected chi connectivity index (χ0v) is 41.5. The van der Waals surface area contributed by atoms with E-state index in [1.807, 2.05) is 53.7 Å². The molecule has 0 aliphatic carbocycles. The molecule has 0 aliphatic heterocycles. The second kappa shape index (κ2) is 18.1. The molecule has 2 heterocycles. The summed E-state index contributed by atoms with van der Waals surface area (Å²) in [5, 5.41) is 13.3. The Hall–Kier alpha value is -5.57. The number of rotatable bonds is 6. The van der Waals surface area contributed by atoms with Gasteiger partial charge in [0.2, 0.25) is 0 Å². The Morgan fingerprint density at radius 1 is 0.588 bits per heavy atom. The largest absolute Gasteiger partial charge is 0.507 e. The van der Waals surface area contributed by atoms with Crippen molar-refractivity contribution in [2.75, 3.05) is 0 Å². The molecule has 0 unspecified atom stereocenters. The normalized spacial score (nSPS) is 20.0. The second-order valence-electron chi connectivity index (χ2n) is 20.0. The third-order valence-electron chi connectivity index (χ3n) is 11.8. The molecule has 5 heteroatoms. The summed E-state index contributed by atoms with van der Waals surface area (Å²) in [7, 11) is 0. The molecular weight excluding hydrogens is 1010 g/mol. The zero-order chi connectivity index (χ0) is 72.2. The molecule has 0 aliphatic rings. The van der Waals surface area contributed by atoms with Gasteiger partial charge < -0.3 is 5.11 Å². The van der Waals surface area contributed by atoms with Crippen LogP contribution < -0.4 is 0 Å². The van der Waals surface area contributed by atoms with Gasteiger partial charge in [-0.05, 0) is 97.1 Å². The summed E-state index contributed by atoms with van der Waals surface area (Å²) >= 11 is 0. The van der Waals surface area contributed by atoms with Crippen LogP contribution in [0, 0.1) is 12.9 Å². The molecule has 6 aromatic carbocycles. The molecule has 0 fully saturated rings. The van der Waals surface area contributed by atoms with Gasteiger partial charge >= 0.3 is 0 Å². The standard InChI is InChI=1S/C63H70N3O.Pt/c1-39-38-64-53(37-49(39)41-25-27-44(28-26-41)59(2,3)4)43-31-42(32-46(33-43)61(8,9)10)48-23-20-24-55-56(48)65-58(51-35-47(62(11,12)13)36-52(57(51)67)63(14,15)16)66(55)54-30-29-45(60(5,6)7)34-50(54)40-21-18-17-19-22-40;/h17-30,32-38,67H,1-16H3;/q-1;/i1D3,11D3,12D3,13D3,14D3,15D3,16D3,17D,18D,19D,21D,22D,35D,36D;. The Kier molecular flexibility index (Phi) is 6.73. The van der Waals surface area contributed by atoms with Crippen molar-refractivity contribution >= 4 is 11.0 Å². The number of imidazole rings is 1. The fraction of sp³-hybridized carbons (Fsp3) is 0.333. The Bertz CT molecular complexity index is 4180. The van der Waals surface area contributed by atoms with Crippen LogP contribution in [0.15, 0.2) is 127 Å². The van der Waals surface area contributed by atoms with Crippen molar-refractivity contribution in [2.45, 2.75) is 137 Å². The van der Waals surface area contributed by atoms with Crippen molar-refractivity contribution < 1.29 is 64.6 Å². The number of pyridine rings is 1. The fourth-order valence-electron chi connectivity index (χ4n) is 7.93. The van der Waals surface area contributed by atoms with Gasteiger partial charge in [0, 0.05) is 72.9 Å². The smallest absolute Gasteiger partial charge is 0.148 e. The van der Waals surface area contributed by atoms with Gasteiger partial charge in [0.25, 0.3) is 0 Å². The van der Waals surface area contributed by atoms with Crippen LogP contribution in [-0.4, -0.2) is 19.6 Å². The maximum absolute atomic E-state index is 13.3. The van der Waals surface area contributed by atoms with Crippen LogP contribution in [0.5, 0.6) is 5.75 Å². The molecule has 0 bridgehead atoms. The van der Waals surface area contributed by atoms with Crippen molar-refractivity contribution in [2.24, 2.45) is 0 Å². The van der Waals surface area contributed by atoms with Crippen molar-refractivity contribution in [1.29, 1.82) is 0 Å². The van der Waals surface area contributed by atoms with Crippen LogP contribution in [0.1, 0.15) is 175 Å². The summed E-state index contributed by atoms with van der Waals surface area (Å²) in [5.41, 5.74) is -14.2. The van der Waals surface area contributed by atoms with E-state index < -0.39 is 146 Å². The minimum Gasteiger partial charge on any atom is -0.507 e. The maximum Gasteiger partial charge on any atom is 0.148 e. The number of aryl methyl sites for hydroxylation is 1. The Labute approximate surface area is 460 Å². The summed E-state index contributed by atoms with van der Waals surface area (Å²) in [6.07, 6.45) is 1.24. The molecule has 0 spiro atoms. The third-order valence-corrected chi connectivity index (χ3v) is 11.8. The minimum absolute atomic E-state index is 0. The number of fused-ring (bicyclic) bond motifs is 1. The second-order valence-corrected chi connectivity index (χ2v) is 20.0. The van der Waals surface area contributed by atoms with Crippen LogP contribution in [0.2, 0.25) is 0 Å². The molecule has 354 valence electrons. The molecule has 0 radical (unpaired) electrons. The number of aromatic hydroxyl groups is 1. The predicted molar refractivity (Wildman–Crippen MR) is 285 cm³/mol. The van der Waals surface area contributed by atoms with Crippen molar-refractivity contribution in [3.05, 3.63) is 167 Å². The SMILES string of the molecule is [2H]c1c([2H])c([2H])c(-c2cc(C(C)(C)C)ccc2-n2c(-c3c([2H])c(C(C([2H])([2H])[2H])(C([2H])([2H])[2H])C([2H])([2H])[2H])c([2H])c(C(C([2H])([2H])[2H])(C([2H])([2H])[2H])C([2H])([2H])[2H])c3O)nc3c(-c4[c-]c(-c5cc(-c6ccc(C(C)(C)C)cc6)c(C([2H])([2H])[2H])cn5)cc(C(C)(C)C)c4)cccc32)c([2H])c1[2H].[Pt]. The molecule has 0 atom stereocenters. The first-order valence-corrected chi connectivity index (χ1v) is 21.6. The summed E-state index contributed by atoms with van der Waals surface area (Å²) in [5.74, 6) is -2.85. The summed E-state index contributed by atoms with van der Waals surface area (Å²) in [4.78, 5) is 9.67. The van der Waals surface area contributed by atoms with Crippen LogP contribution in [-0.2, 0) is 48.1 Å². The predicted octanol–water partition coefficient (Wildman–Crippen LogP) is 17.1. The fourth-order valence-corrected chi connectivity index (χ4v) is 7.93. The van der Waals surface area contributed by atoms with Crippen LogP contribution >= 0.6 is 0 Å². The van der Waals surface area contributed by atoms with Gasteiger partial charge in [-0.25, -0.2) is 4.98 Å². The summed E-state index contributed by atoms with van der Waals surface area (Å²) < 4.78 is 251. The van der Waals surface area contributed by atoms with Crippen LogP contribution in [0.25, 0.3) is 72.7 Å². The number of phenols is 1. The summed E-state index contributed by atoms with van der Waals surface area (Å²) in [6, 6.07) is 16.8. The molecular formula is C63H70N3OPt-. The monoisotopic (exact) mass is 1110 g/mol. The van der Waals surface area contributed by atoms with E-state index in [2.05, 4.69) is 11.1 Å². The Morgan fingerprint density at radius 3 is 1.87 bits per heavy atom. The number of nitrogens with zero attached hydrogens (tertiary/aromatic N) is 3. The van der Waals surface area contributed by atoms with Crippen LogP contribution in [0.3, 0.4) is 0 Å². The minimum atomic E-state index is -4.59. The van der Waals surface area contributed by atoms with E-state index in [1.165, 1.54) is 42.6 Å². The maximum atomic E-state index is 13.3. The van der Waals surface area contributed by atoms with Gasteiger partial charge in [0.15, 0.2) is 0 Å². The number of hydrogen-bond acceptors (Lipinski definition) is 3. The van der Waals surface area contributed by atoms with Gasteiger partial charge in [0.1, 0.15) is 11.6 Å². The van der Waals surface area contributed by atoms with Crippen molar-refractivity contribution in [1.82, 2.24) is 14.5 Å². The first-order valence-electron chi connectivity index (χ1n) is 35.6.